The Hall–Kier alpha value is -1.95. The molecule has 4 nitrogen and oxygen atoms in total. The maximum atomic E-state index is 12.9. The number of hydrogen-bond acceptors (Lipinski definition) is 3. The number of aromatic nitrogens is 1. The monoisotopic (exact) mass is 323 g/mol. The first-order valence-electron chi connectivity index (χ1n) is 5.50. The van der Waals surface area contributed by atoms with Gasteiger partial charge in [-0.1, -0.05) is 0 Å². The van der Waals surface area contributed by atoms with Crippen molar-refractivity contribution in [2.45, 2.75) is 6.42 Å². The molecule has 2 aromatic rings. The molecule has 0 aliphatic rings. The number of nitrogens with two attached hydrogens (primary N) is 1. The molecule has 1 aromatic carbocycles. The highest BCUT2D eigenvalue weighted by atomic mass is 79.9. The van der Waals surface area contributed by atoms with Crippen molar-refractivity contribution >= 4 is 33.2 Å². The number of anilines is 2. The summed E-state index contributed by atoms with van der Waals surface area (Å²) in [6.07, 6.45) is 1.63. The van der Waals surface area contributed by atoms with Crippen LogP contribution in [0, 0.1) is 5.82 Å². The second-order valence-electron chi connectivity index (χ2n) is 3.93. The molecule has 0 saturated carbocycles. The summed E-state index contributed by atoms with van der Waals surface area (Å²) >= 11 is 3.18. The predicted octanol–water partition coefficient (Wildman–Crippen LogP) is 2.75. The summed E-state index contributed by atoms with van der Waals surface area (Å²) in [7, 11) is 0. The number of nitrogens with one attached hydrogen (secondary N) is 1. The van der Waals surface area contributed by atoms with Crippen LogP contribution in [0.3, 0.4) is 0 Å². The van der Waals surface area contributed by atoms with Crippen LogP contribution in [-0.2, 0) is 11.2 Å². The molecule has 0 aliphatic carbocycles. The van der Waals surface area contributed by atoms with E-state index in [1.54, 1.807) is 12.1 Å². The van der Waals surface area contributed by atoms with E-state index in [4.69, 9.17) is 5.73 Å². The number of pyridine rings is 1. The van der Waals surface area contributed by atoms with E-state index in [0.717, 1.165) is 0 Å². The van der Waals surface area contributed by atoms with Crippen molar-refractivity contribution in [3.05, 3.63) is 52.5 Å². The maximum Gasteiger partial charge on any atom is 0.230 e. The van der Waals surface area contributed by atoms with Crippen LogP contribution in [0.15, 0.2) is 41.0 Å². The highest BCUT2D eigenvalue weighted by Gasteiger charge is 2.08. The van der Waals surface area contributed by atoms with Gasteiger partial charge in [0.2, 0.25) is 5.91 Å². The molecule has 0 spiro atoms. The predicted molar refractivity (Wildman–Crippen MR) is 75.1 cm³/mol. The summed E-state index contributed by atoms with van der Waals surface area (Å²) in [4.78, 5) is 15.8. The van der Waals surface area contributed by atoms with Gasteiger partial charge in [-0.15, -0.1) is 0 Å². The van der Waals surface area contributed by atoms with Crippen molar-refractivity contribution in [2.75, 3.05) is 11.1 Å². The summed E-state index contributed by atoms with van der Waals surface area (Å²) in [5.41, 5.74) is 7.19. The third-order valence-electron chi connectivity index (χ3n) is 2.39. The average molecular weight is 324 g/mol. The normalized spacial score (nSPS) is 10.2. The zero-order chi connectivity index (χ0) is 13.8. The average Bonchev–Trinajstić information content (AvgIpc) is 2.36. The lowest BCUT2D eigenvalue weighted by Crippen LogP contribution is -2.15. The molecular formula is C13H11BrFN3O. The molecule has 1 aromatic heterocycles. The van der Waals surface area contributed by atoms with Crippen LogP contribution in [0.4, 0.5) is 15.8 Å². The van der Waals surface area contributed by atoms with E-state index in [1.165, 1.54) is 24.4 Å². The molecule has 19 heavy (non-hydrogen) atoms. The van der Waals surface area contributed by atoms with Gasteiger partial charge in [-0.2, -0.15) is 0 Å². The molecule has 2 rings (SSSR count). The number of nitrogens with zero attached hydrogens (tertiary/aromatic N) is 1. The van der Waals surface area contributed by atoms with Gasteiger partial charge in [0.25, 0.3) is 0 Å². The largest absolute Gasteiger partial charge is 0.397 e. The Bertz CT molecular complexity index is 601. The Morgan fingerprint density at radius 2 is 2.16 bits per heavy atom. The summed E-state index contributed by atoms with van der Waals surface area (Å²) in [5.74, 6) is -0.602. The van der Waals surface area contributed by atoms with Crippen LogP contribution < -0.4 is 11.1 Å². The summed E-state index contributed by atoms with van der Waals surface area (Å²) < 4.78 is 13.4. The van der Waals surface area contributed by atoms with Gasteiger partial charge in [0.1, 0.15) is 5.82 Å². The van der Waals surface area contributed by atoms with Gasteiger partial charge >= 0.3 is 0 Å². The molecule has 0 atom stereocenters. The molecule has 0 saturated heterocycles. The first-order chi connectivity index (χ1) is 9.04. The van der Waals surface area contributed by atoms with Gasteiger partial charge in [0.15, 0.2) is 0 Å². The van der Waals surface area contributed by atoms with Gasteiger partial charge < -0.3 is 11.1 Å². The number of carbonyl (C=O) groups is 1. The first kappa shape index (κ1) is 13.5. The van der Waals surface area contributed by atoms with E-state index < -0.39 is 0 Å². The number of rotatable bonds is 3. The van der Waals surface area contributed by atoms with E-state index in [2.05, 4.69) is 26.2 Å². The molecule has 0 unspecified atom stereocenters. The quantitative estimate of drug-likeness (QED) is 0.912. The van der Waals surface area contributed by atoms with Crippen molar-refractivity contribution in [3.8, 4) is 0 Å². The molecule has 98 valence electrons. The van der Waals surface area contributed by atoms with Crippen LogP contribution >= 0.6 is 15.9 Å². The summed E-state index contributed by atoms with van der Waals surface area (Å²) in [6.45, 7) is 0. The van der Waals surface area contributed by atoms with Crippen molar-refractivity contribution < 1.29 is 9.18 Å². The van der Waals surface area contributed by atoms with E-state index in [9.17, 15) is 9.18 Å². The van der Waals surface area contributed by atoms with Crippen molar-refractivity contribution in [1.82, 2.24) is 4.98 Å². The number of hydrogen-bond donors (Lipinski definition) is 2. The van der Waals surface area contributed by atoms with Gasteiger partial charge in [0.05, 0.1) is 24.0 Å². The van der Waals surface area contributed by atoms with Crippen LogP contribution in [0.2, 0.25) is 0 Å². The topological polar surface area (TPSA) is 68.0 Å². The smallest absolute Gasteiger partial charge is 0.230 e. The molecule has 6 heteroatoms. The molecule has 0 radical (unpaired) electrons. The fraction of sp³-hybridized carbons (Fsp3) is 0.0769. The lowest BCUT2D eigenvalue weighted by Gasteiger charge is -2.07. The minimum absolute atomic E-state index is 0.129. The number of nitrogen functional groups attached to an aromatic ring is 1. The number of carbonyl (C=O) groups excluding carboxylic acids is 1. The number of benzene rings is 1. The van der Waals surface area contributed by atoms with Gasteiger partial charge in [-0.25, -0.2) is 4.39 Å². The molecule has 0 bridgehead atoms. The Labute approximate surface area is 118 Å². The molecule has 3 N–H and O–H groups in total. The van der Waals surface area contributed by atoms with Crippen LogP contribution in [0.25, 0.3) is 0 Å². The SMILES string of the molecule is Nc1ccc(CC(=O)Nc2ccc(F)cc2Br)nc1. The van der Waals surface area contributed by atoms with Gasteiger partial charge in [0, 0.05) is 10.2 Å². The summed E-state index contributed by atoms with van der Waals surface area (Å²) in [6, 6.07) is 7.44. The van der Waals surface area contributed by atoms with E-state index >= 15 is 0 Å². The first-order valence-corrected chi connectivity index (χ1v) is 6.29. The molecule has 0 aliphatic heterocycles. The number of amides is 1. The second-order valence-corrected chi connectivity index (χ2v) is 4.79. The molecule has 1 amide bonds. The third-order valence-corrected chi connectivity index (χ3v) is 3.05. The van der Waals surface area contributed by atoms with Crippen molar-refractivity contribution in [3.63, 3.8) is 0 Å². The Balaban J connectivity index is 2.03. The molecular weight excluding hydrogens is 313 g/mol. The highest BCUT2D eigenvalue weighted by Crippen LogP contribution is 2.23. The molecule has 1 heterocycles. The Morgan fingerprint density at radius 3 is 2.79 bits per heavy atom. The second kappa shape index (κ2) is 5.79. The third kappa shape index (κ3) is 3.75. The lowest BCUT2D eigenvalue weighted by molar-refractivity contribution is -0.115. The van der Waals surface area contributed by atoms with Crippen molar-refractivity contribution in [2.24, 2.45) is 0 Å². The van der Waals surface area contributed by atoms with Gasteiger partial charge in [-0.3, -0.25) is 9.78 Å². The van der Waals surface area contributed by atoms with Crippen LogP contribution in [0.5, 0.6) is 0 Å². The van der Waals surface area contributed by atoms with Crippen molar-refractivity contribution in [1.29, 1.82) is 0 Å². The Morgan fingerprint density at radius 1 is 1.37 bits per heavy atom. The fourth-order valence-corrected chi connectivity index (χ4v) is 1.94. The lowest BCUT2D eigenvalue weighted by atomic mass is 10.2. The Kier molecular flexibility index (Phi) is 4.11. The van der Waals surface area contributed by atoms with E-state index in [-0.39, 0.29) is 18.1 Å². The van der Waals surface area contributed by atoms with Crippen LogP contribution in [0.1, 0.15) is 5.69 Å². The van der Waals surface area contributed by atoms with E-state index in [0.29, 0.717) is 21.5 Å². The van der Waals surface area contributed by atoms with E-state index in [1.807, 2.05) is 0 Å². The zero-order valence-corrected chi connectivity index (χ0v) is 11.4. The van der Waals surface area contributed by atoms with Gasteiger partial charge in [-0.05, 0) is 46.3 Å². The highest BCUT2D eigenvalue weighted by molar-refractivity contribution is 9.10. The fourth-order valence-electron chi connectivity index (χ4n) is 1.49. The number of halogens is 2. The summed E-state index contributed by atoms with van der Waals surface area (Å²) in [5, 5.41) is 2.68. The minimum Gasteiger partial charge on any atom is -0.397 e. The standard InChI is InChI=1S/C13H11BrFN3O/c14-11-5-8(15)1-4-12(11)18-13(19)6-10-3-2-9(16)7-17-10/h1-5,7H,6,16H2,(H,18,19). The van der Waals surface area contributed by atoms with Crippen LogP contribution in [-0.4, -0.2) is 10.9 Å². The maximum absolute atomic E-state index is 12.9. The molecule has 0 fully saturated rings. The minimum atomic E-state index is -0.370. The zero-order valence-electron chi connectivity index (χ0n) is 9.86.